The molecule has 1 fully saturated rings. The Morgan fingerprint density at radius 3 is 2.17 bits per heavy atom. The van der Waals surface area contributed by atoms with Gasteiger partial charge >= 0.3 is 0 Å². The monoisotopic (exact) mass is 575 g/mol. The standard InChI is InChI=1S/C34H26ClN3O4/c1-42-21-16-14-20(15-17-21)18-28(39)37-36-19-34-24-10-4-2-8-22(24)29(23-9-3-5-11-25(23)34)30-31(34)33(41)38(32(30)40)27-13-7-6-12-26(27)35/h2-17,19,29-31H,18H2,1H3,(H,37,39)/b36-19-/t29?,30-,31-,34?/m0/s1. The number of amides is 3. The number of nitrogens with zero attached hydrogens (tertiary/aromatic N) is 2. The number of nitrogens with one attached hydrogen (secondary N) is 1. The summed E-state index contributed by atoms with van der Waals surface area (Å²) in [7, 11) is 1.59. The predicted molar refractivity (Wildman–Crippen MR) is 160 cm³/mol. The van der Waals surface area contributed by atoms with Gasteiger partial charge in [0.25, 0.3) is 0 Å². The van der Waals surface area contributed by atoms with Crippen molar-refractivity contribution in [1.82, 2.24) is 5.43 Å². The van der Waals surface area contributed by atoms with Gasteiger partial charge in [0, 0.05) is 12.1 Å². The van der Waals surface area contributed by atoms with Gasteiger partial charge in [-0.2, -0.15) is 5.10 Å². The van der Waals surface area contributed by atoms with Gasteiger partial charge in [-0.3, -0.25) is 14.4 Å². The molecule has 1 heterocycles. The van der Waals surface area contributed by atoms with Gasteiger partial charge < -0.3 is 4.74 Å². The molecular weight excluding hydrogens is 550 g/mol. The smallest absolute Gasteiger partial charge is 0.244 e. The third-order valence-electron chi connectivity index (χ3n) is 8.76. The van der Waals surface area contributed by atoms with Gasteiger partial charge in [-0.15, -0.1) is 0 Å². The first-order valence-corrected chi connectivity index (χ1v) is 14.1. The van der Waals surface area contributed by atoms with Gasteiger partial charge in [0.15, 0.2) is 0 Å². The fourth-order valence-electron chi connectivity index (χ4n) is 7.09. The Bertz CT molecular complexity index is 1740. The highest BCUT2D eigenvalue weighted by atomic mass is 35.5. The summed E-state index contributed by atoms with van der Waals surface area (Å²) in [4.78, 5) is 42.8. The second-order valence-electron chi connectivity index (χ2n) is 10.8. The van der Waals surface area contributed by atoms with E-state index in [2.05, 4.69) is 10.5 Å². The lowest BCUT2D eigenvalue weighted by molar-refractivity contribution is -0.123. The van der Waals surface area contributed by atoms with Crippen LogP contribution in [0.15, 0.2) is 102 Å². The highest BCUT2D eigenvalue weighted by Gasteiger charge is 2.68. The van der Waals surface area contributed by atoms with Crippen LogP contribution in [0.1, 0.15) is 33.7 Å². The summed E-state index contributed by atoms with van der Waals surface area (Å²) in [5, 5.41) is 4.80. The van der Waals surface area contributed by atoms with Gasteiger partial charge in [-0.25, -0.2) is 10.3 Å². The zero-order valence-electron chi connectivity index (χ0n) is 22.7. The minimum absolute atomic E-state index is 0.118. The maximum atomic E-state index is 14.4. The van der Waals surface area contributed by atoms with E-state index in [0.717, 1.165) is 27.8 Å². The number of para-hydroxylation sites is 1. The van der Waals surface area contributed by atoms with E-state index in [-0.39, 0.29) is 30.1 Å². The van der Waals surface area contributed by atoms with Crippen LogP contribution in [-0.4, -0.2) is 31.0 Å². The molecule has 1 N–H and O–H groups in total. The lowest BCUT2D eigenvalue weighted by Crippen LogP contribution is -2.54. The van der Waals surface area contributed by atoms with E-state index in [0.29, 0.717) is 16.5 Å². The van der Waals surface area contributed by atoms with E-state index in [1.807, 2.05) is 60.7 Å². The molecule has 1 aliphatic heterocycles. The molecule has 4 aromatic carbocycles. The minimum atomic E-state index is -1.08. The molecule has 8 heteroatoms. The molecule has 4 aliphatic rings. The molecular formula is C34H26ClN3O4. The summed E-state index contributed by atoms with van der Waals surface area (Å²) >= 11 is 6.51. The van der Waals surface area contributed by atoms with Crippen molar-refractivity contribution in [2.24, 2.45) is 16.9 Å². The average molecular weight is 576 g/mol. The Morgan fingerprint density at radius 1 is 0.905 bits per heavy atom. The van der Waals surface area contributed by atoms with Crippen LogP contribution in [0.3, 0.4) is 0 Å². The van der Waals surface area contributed by atoms with Crippen LogP contribution in [0.5, 0.6) is 5.75 Å². The summed E-state index contributed by atoms with van der Waals surface area (Å²) in [6.07, 6.45) is 1.78. The van der Waals surface area contributed by atoms with Crippen molar-refractivity contribution in [1.29, 1.82) is 0 Å². The van der Waals surface area contributed by atoms with Gasteiger partial charge in [-0.1, -0.05) is 84.4 Å². The molecule has 42 heavy (non-hydrogen) atoms. The first-order valence-electron chi connectivity index (χ1n) is 13.7. The van der Waals surface area contributed by atoms with E-state index in [4.69, 9.17) is 16.3 Å². The second-order valence-corrected chi connectivity index (χ2v) is 11.2. The summed E-state index contributed by atoms with van der Waals surface area (Å²) in [6.45, 7) is 0. The molecule has 0 saturated carbocycles. The zero-order chi connectivity index (χ0) is 29.0. The van der Waals surface area contributed by atoms with E-state index in [9.17, 15) is 14.4 Å². The number of methoxy groups -OCH3 is 1. The summed E-state index contributed by atoms with van der Waals surface area (Å²) in [5.74, 6) is -1.93. The Kier molecular flexibility index (Phi) is 6.21. The first kappa shape index (κ1) is 26.2. The number of rotatable bonds is 6. The molecule has 7 nitrogen and oxygen atoms in total. The molecule has 2 atom stereocenters. The van der Waals surface area contributed by atoms with Crippen molar-refractivity contribution < 1.29 is 19.1 Å². The van der Waals surface area contributed by atoms with E-state index < -0.39 is 17.3 Å². The number of carbonyl (C=O) groups excluding carboxylic acids is 3. The quantitative estimate of drug-likeness (QED) is 0.193. The highest BCUT2D eigenvalue weighted by Crippen LogP contribution is 2.63. The largest absolute Gasteiger partial charge is 0.497 e. The van der Waals surface area contributed by atoms with Crippen molar-refractivity contribution in [3.8, 4) is 5.75 Å². The minimum Gasteiger partial charge on any atom is -0.497 e. The number of hydrazone groups is 1. The topological polar surface area (TPSA) is 88.1 Å². The van der Waals surface area contributed by atoms with Crippen LogP contribution >= 0.6 is 11.6 Å². The lowest BCUT2D eigenvalue weighted by Gasteiger charge is -2.52. The van der Waals surface area contributed by atoms with Crippen molar-refractivity contribution in [2.45, 2.75) is 17.8 Å². The molecule has 0 aromatic heterocycles. The number of imide groups is 1. The maximum Gasteiger partial charge on any atom is 0.244 e. The van der Waals surface area contributed by atoms with Crippen LogP contribution in [0.25, 0.3) is 0 Å². The van der Waals surface area contributed by atoms with E-state index in [1.165, 1.54) is 4.90 Å². The molecule has 4 aromatic rings. The fraction of sp³-hybridized carbons (Fsp3) is 0.176. The normalized spacial score (nSPS) is 23.5. The van der Waals surface area contributed by atoms with Gasteiger partial charge in [0.05, 0.1) is 41.5 Å². The first-order chi connectivity index (χ1) is 20.5. The molecule has 8 rings (SSSR count). The van der Waals surface area contributed by atoms with Crippen LogP contribution < -0.4 is 15.1 Å². The molecule has 1 saturated heterocycles. The Hall–Kier alpha value is -4.75. The molecule has 0 spiro atoms. The van der Waals surface area contributed by atoms with Crippen molar-refractivity contribution in [3.05, 3.63) is 130 Å². The number of hydrogen-bond donors (Lipinski definition) is 1. The number of benzene rings is 4. The molecule has 2 bridgehead atoms. The second kappa shape index (κ2) is 9.96. The Balaban J connectivity index is 1.33. The van der Waals surface area contributed by atoms with Crippen LogP contribution in [0.2, 0.25) is 5.02 Å². The van der Waals surface area contributed by atoms with Crippen LogP contribution in [0, 0.1) is 11.8 Å². The SMILES string of the molecule is COc1ccc(CC(=O)N/N=C\C23c4ccccc4C(c4ccccc42)[C@@H]2C(=O)N(c4ccccc4Cl)C(=O)[C@H]23)cc1. The van der Waals surface area contributed by atoms with Crippen molar-refractivity contribution in [2.75, 3.05) is 12.0 Å². The predicted octanol–water partition coefficient (Wildman–Crippen LogP) is 5.24. The third-order valence-corrected chi connectivity index (χ3v) is 9.08. The number of hydrogen-bond acceptors (Lipinski definition) is 5. The zero-order valence-corrected chi connectivity index (χ0v) is 23.4. The number of carbonyl (C=O) groups is 3. The molecule has 0 radical (unpaired) electrons. The van der Waals surface area contributed by atoms with Gasteiger partial charge in [0.2, 0.25) is 17.7 Å². The maximum absolute atomic E-state index is 14.4. The van der Waals surface area contributed by atoms with Crippen molar-refractivity contribution >= 4 is 41.2 Å². The molecule has 208 valence electrons. The number of halogens is 1. The lowest BCUT2D eigenvalue weighted by atomic mass is 9.47. The molecule has 3 amide bonds. The Morgan fingerprint density at radius 2 is 1.52 bits per heavy atom. The van der Waals surface area contributed by atoms with Crippen LogP contribution in [-0.2, 0) is 26.2 Å². The summed E-state index contributed by atoms with van der Waals surface area (Å²) in [6, 6.07) is 29.9. The third kappa shape index (κ3) is 3.73. The molecule has 0 unspecified atom stereocenters. The van der Waals surface area contributed by atoms with E-state index in [1.54, 1.807) is 49.7 Å². The summed E-state index contributed by atoms with van der Waals surface area (Å²) < 4.78 is 5.20. The van der Waals surface area contributed by atoms with Gasteiger partial charge in [-0.05, 0) is 52.1 Å². The fourth-order valence-corrected chi connectivity index (χ4v) is 7.31. The van der Waals surface area contributed by atoms with Gasteiger partial charge in [0.1, 0.15) is 5.75 Å². The number of anilines is 1. The van der Waals surface area contributed by atoms with E-state index >= 15 is 0 Å². The average Bonchev–Trinajstić information content (AvgIpc) is 3.28. The molecule has 3 aliphatic carbocycles. The van der Waals surface area contributed by atoms with Crippen molar-refractivity contribution in [3.63, 3.8) is 0 Å². The summed E-state index contributed by atoms with van der Waals surface area (Å²) in [5.41, 5.74) is 6.55. The van der Waals surface area contributed by atoms with Crippen LogP contribution in [0.4, 0.5) is 5.69 Å². The Labute approximate surface area is 247 Å². The number of ether oxygens (including phenoxy) is 1. The highest BCUT2D eigenvalue weighted by molar-refractivity contribution is 6.36.